The molecule has 0 unspecified atom stereocenters. The second kappa shape index (κ2) is 5.80. The highest BCUT2D eigenvalue weighted by molar-refractivity contribution is 7.16. The normalized spacial score (nSPS) is 12.2. The van der Waals surface area contributed by atoms with Crippen LogP contribution < -0.4 is 0 Å². The van der Waals surface area contributed by atoms with Crippen molar-refractivity contribution in [2.45, 2.75) is 39.5 Å². The first-order chi connectivity index (χ1) is 9.82. The van der Waals surface area contributed by atoms with E-state index in [1.165, 1.54) is 18.4 Å². The summed E-state index contributed by atoms with van der Waals surface area (Å²) in [6, 6.07) is 0. The second-order valence-electron chi connectivity index (χ2n) is 5.56. The molecule has 0 spiro atoms. The van der Waals surface area contributed by atoms with Crippen LogP contribution in [0.3, 0.4) is 0 Å². The van der Waals surface area contributed by atoms with Gasteiger partial charge in [-0.3, -0.25) is 4.79 Å². The van der Waals surface area contributed by atoms with Gasteiger partial charge in [0.25, 0.3) is 0 Å². The molecule has 0 saturated carbocycles. The quantitative estimate of drug-likeness (QED) is 0.374. The number of fused-ring (bicyclic) bond motifs is 1. The second-order valence-corrected chi connectivity index (χ2v) is 6.51. The number of rotatable bonds is 4. The Hall–Kier alpha value is -1.96. The molecule has 7 nitrogen and oxygen atoms in total. The lowest BCUT2D eigenvalue weighted by Crippen LogP contribution is -2.13. The van der Waals surface area contributed by atoms with Crippen LogP contribution in [-0.2, 0) is 26.2 Å². The van der Waals surface area contributed by atoms with Crippen molar-refractivity contribution in [2.24, 2.45) is 5.16 Å². The van der Waals surface area contributed by atoms with E-state index < -0.39 is 5.97 Å². The molecule has 0 fully saturated rings. The maximum Gasteiger partial charge on any atom is 0.318 e. The van der Waals surface area contributed by atoms with E-state index in [1.54, 1.807) is 4.52 Å². The van der Waals surface area contributed by atoms with E-state index in [1.807, 2.05) is 6.92 Å². The molecular weight excluding hydrogens is 292 g/mol. The van der Waals surface area contributed by atoms with Crippen LogP contribution in [0.5, 0.6) is 0 Å². The van der Waals surface area contributed by atoms with Crippen molar-refractivity contribution >= 4 is 28.7 Å². The zero-order chi connectivity index (χ0) is 15.6. The number of aromatic nitrogens is 3. The van der Waals surface area contributed by atoms with Gasteiger partial charge in [0.15, 0.2) is 0 Å². The maximum absolute atomic E-state index is 11.8. The fraction of sp³-hybridized carbons (Fsp3) is 0.538. The van der Waals surface area contributed by atoms with Crippen molar-refractivity contribution in [1.82, 2.24) is 14.6 Å². The van der Waals surface area contributed by atoms with Gasteiger partial charge in [0.05, 0.1) is 17.8 Å². The smallest absolute Gasteiger partial charge is 0.318 e. The molecule has 21 heavy (non-hydrogen) atoms. The molecule has 0 N–H and O–H groups in total. The van der Waals surface area contributed by atoms with Crippen LogP contribution in [0.25, 0.3) is 4.96 Å². The SMILES string of the molecule is CON=COC(=O)Cc1c(C)nc2sc(C(C)(C)C)nn12. The predicted molar refractivity (Wildman–Crippen MR) is 79.6 cm³/mol. The van der Waals surface area contributed by atoms with Crippen molar-refractivity contribution in [2.75, 3.05) is 7.11 Å². The number of imidazole rings is 1. The van der Waals surface area contributed by atoms with E-state index in [2.05, 4.69) is 40.8 Å². The summed E-state index contributed by atoms with van der Waals surface area (Å²) in [7, 11) is 1.37. The fourth-order valence-electron chi connectivity index (χ4n) is 1.70. The summed E-state index contributed by atoms with van der Waals surface area (Å²) in [6.45, 7) is 8.12. The predicted octanol–water partition coefficient (Wildman–Crippen LogP) is 2.07. The highest BCUT2D eigenvalue weighted by Gasteiger charge is 2.23. The summed E-state index contributed by atoms with van der Waals surface area (Å²) in [4.78, 5) is 21.4. The Balaban J connectivity index is 2.26. The molecule has 8 heteroatoms. The van der Waals surface area contributed by atoms with Crippen molar-refractivity contribution in [3.05, 3.63) is 16.4 Å². The number of nitrogens with zero attached hydrogens (tertiary/aromatic N) is 4. The maximum atomic E-state index is 11.8. The average Bonchev–Trinajstić information content (AvgIpc) is 2.90. The molecule has 114 valence electrons. The minimum atomic E-state index is -0.439. The number of aryl methyl sites for hydroxylation is 1. The van der Waals surface area contributed by atoms with Crippen LogP contribution in [0.4, 0.5) is 0 Å². The zero-order valence-corrected chi connectivity index (χ0v) is 13.5. The molecule has 0 aliphatic heterocycles. The van der Waals surface area contributed by atoms with Gasteiger partial charge in [-0.15, -0.1) is 0 Å². The Labute approximate surface area is 126 Å². The first-order valence-corrected chi connectivity index (χ1v) is 7.24. The summed E-state index contributed by atoms with van der Waals surface area (Å²) >= 11 is 1.53. The molecule has 0 aliphatic rings. The molecule has 2 rings (SSSR count). The Kier molecular flexibility index (Phi) is 4.26. The van der Waals surface area contributed by atoms with Crippen LogP contribution >= 0.6 is 11.3 Å². The van der Waals surface area contributed by atoms with Crippen molar-refractivity contribution in [3.8, 4) is 0 Å². The van der Waals surface area contributed by atoms with Crippen molar-refractivity contribution < 1.29 is 14.4 Å². The van der Waals surface area contributed by atoms with E-state index >= 15 is 0 Å². The molecule has 0 atom stereocenters. The minimum absolute atomic E-state index is 0.0534. The van der Waals surface area contributed by atoms with E-state index in [4.69, 9.17) is 4.74 Å². The lowest BCUT2D eigenvalue weighted by Gasteiger charge is -2.12. The molecule has 2 aromatic rings. The Morgan fingerprint density at radius 2 is 2.19 bits per heavy atom. The van der Waals surface area contributed by atoms with Crippen LogP contribution in [0.2, 0.25) is 0 Å². The topological polar surface area (TPSA) is 78.1 Å². The third-order valence-corrected chi connectivity index (χ3v) is 4.12. The van der Waals surface area contributed by atoms with Gasteiger partial charge in [0, 0.05) is 5.41 Å². The van der Waals surface area contributed by atoms with Crippen LogP contribution in [-0.4, -0.2) is 34.1 Å². The van der Waals surface area contributed by atoms with Gasteiger partial charge in [0.1, 0.15) is 12.1 Å². The molecule has 2 heterocycles. The molecule has 0 saturated heterocycles. The number of carbonyl (C=O) groups excluding carboxylic acids is 1. The number of hydrogen-bond acceptors (Lipinski definition) is 7. The number of oxime groups is 1. The standard InChI is InChI=1S/C13H18N4O3S/c1-8-9(6-10(18)20-7-14-19-5)17-12(15-8)21-11(16-17)13(2,3)4/h7H,6H2,1-5H3. The highest BCUT2D eigenvalue weighted by atomic mass is 32.1. The third kappa shape index (κ3) is 3.38. The van der Waals surface area contributed by atoms with Gasteiger partial charge < -0.3 is 9.57 Å². The van der Waals surface area contributed by atoms with Crippen molar-refractivity contribution in [1.29, 1.82) is 0 Å². The summed E-state index contributed by atoms with van der Waals surface area (Å²) in [5, 5.41) is 8.89. The lowest BCUT2D eigenvalue weighted by molar-refractivity contribution is -0.134. The first-order valence-electron chi connectivity index (χ1n) is 6.43. The average molecular weight is 310 g/mol. The molecule has 0 amide bonds. The van der Waals surface area contributed by atoms with Gasteiger partial charge in [0.2, 0.25) is 11.4 Å². The Bertz CT molecular complexity index is 681. The fourth-order valence-corrected chi connectivity index (χ4v) is 2.72. The summed E-state index contributed by atoms with van der Waals surface area (Å²) in [6.07, 6.45) is 1.05. The van der Waals surface area contributed by atoms with Gasteiger partial charge >= 0.3 is 5.97 Å². The van der Waals surface area contributed by atoms with Gasteiger partial charge in [-0.05, 0) is 6.92 Å². The molecular formula is C13H18N4O3S. The third-order valence-electron chi connectivity index (χ3n) is 2.78. The summed E-state index contributed by atoms with van der Waals surface area (Å²) < 4.78 is 6.53. The molecule has 0 aromatic carbocycles. The first kappa shape index (κ1) is 15.4. The molecule has 0 aliphatic carbocycles. The molecule has 0 radical (unpaired) electrons. The number of ether oxygens (including phenoxy) is 1. The van der Waals surface area contributed by atoms with Crippen LogP contribution in [0.15, 0.2) is 5.16 Å². The summed E-state index contributed by atoms with van der Waals surface area (Å²) in [5.74, 6) is -0.439. The van der Waals surface area contributed by atoms with Crippen LogP contribution in [0, 0.1) is 6.92 Å². The lowest BCUT2D eigenvalue weighted by atomic mass is 9.98. The van der Waals surface area contributed by atoms with Crippen LogP contribution in [0.1, 0.15) is 37.2 Å². The zero-order valence-electron chi connectivity index (χ0n) is 12.7. The monoisotopic (exact) mass is 310 g/mol. The number of hydrogen-bond donors (Lipinski definition) is 0. The highest BCUT2D eigenvalue weighted by Crippen LogP contribution is 2.28. The van der Waals surface area contributed by atoms with E-state index in [-0.39, 0.29) is 11.8 Å². The Morgan fingerprint density at radius 3 is 2.81 bits per heavy atom. The summed E-state index contributed by atoms with van der Waals surface area (Å²) in [5.41, 5.74) is 1.45. The van der Waals surface area contributed by atoms with Gasteiger partial charge in [-0.2, -0.15) is 5.10 Å². The number of carbonyl (C=O) groups is 1. The van der Waals surface area contributed by atoms with Gasteiger partial charge in [-0.1, -0.05) is 37.3 Å². The van der Waals surface area contributed by atoms with E-state index in [0.717, 1.165) is 27.8 Å². The minimum Gasteiger partial charge on any atom is -0.411 e. The number of esters is 1. The molecule has 2 aromatic heterocycles. The van der Waals surface area contributed by atoms with Crippen molar-refractivity contribution in [3.63, 3.8) is 0 Å². The molecule has 0 bridgehead atoms. The van der Waals surface area contributed by atoms with E-state index in [9.17, 15) is 4.79 Å². The van der Waals surface area contributed by atoms with E-state index in [0.29, 0.717) is 0 Å². The van der Waals surface area contributed by atoms with Gasteiger partial charge in [-0.25, -0.2) is 9.50 Å². The Morgan fingerprint density at radius 1 is 1.48 bits per heavy atom. The largest absolute Gasteiger partial charge is 0.411 e.